The first kappa shape index (κ1) is 10.6. The molecule has 18 heavy (non-hydrogen) atoms. The van der Waals surface area contributed by atoms with Crippen molar-refractivity contribution in [1.82, 2.24) is 34.8 Å². The first-order chi connectivity index (χ1) is 8.75. The molecular weight excluding hydrogens is 232 g/mol. The molecule has 2 N–H and O–H groups in total. The Balaban J connectivity index is 1.95. The van der Waals surface area contributed by atoms with Crippen molar-refractivity contribution in [2.45, 2.75) is 19.9 Å². The number of anilines is 1. The average Bonchev–Trinajstić information content (AvgIpc) is 3.00. The van der Waals surface area contributed by atoms with Crippen molar-refractivity contribution in [2.75, 3.05) is 5.32 Å². The summed E-state index contributed by atoms with van der Waals surface area (Å²) in [7, 11) is 0. The van der Waals surface area contributed by atoms with Crippen LogP contribution in [0, 0.1) is 6.92 Å². The number of rotatable bonds is 3. The maximum absolute atomic E-state index is 4.27. The lowest BCUT2D eigenvalue weighted by Gasteiger charge is -2.11. The topological polar surface area (TPSA) is 96.7 Å². The second kappa shape index (κ2) is 4.06. The second-order valence-electron chi connectivity index (χ2n) is 3.95. The number of hydrogen-bond donors (Lipinski definition) is 2. The molecule has 0 bridgehead atoms. The van der Waals surface area contributed by atoms with Gasteiger partial charge in [0.25, 0.3) is 0 Å². The minimum atomic E-state index is -0.0387. The fourth-order valence-electron chi connectivity index (χ4n) is 1.74. The molecule has 1 atom stereocenters. The summed E-state index contributed by atoms with van der Waals surface area (Å²) in [6.07, 6.45) is 5.01. The molecule has 0 aliphatic carbocycles. The van der Waals surface area contributed by atoms with E-state index in [-0.39, 0.29) is 6.04 Å². The van der Waals surface area contributed by atoms with Crippen molar-refractivity contribution in [1.29, 1.82) is 0 Å². The van der Waals surface area contributed by atoms with Crippen molar-refractivity contribution in [3.05, 3.63) is 30.4 Å². The minimum Gasteiger partial charge on any atom is -0.357 e. The molecule has 0 fully saturated rings. The summed E-state index contributed by atoms with van der Waals surface area (Å²) in [5.74, 6) is 2.24. The number of aryl methyl sites for hydroxylation is 1. The van der Waals surface area contributed by atoms with E-state index in [0.29, 0.717) is 11.5 Å². The predicted molar refractivity (Wildman–Crippen MR) is 63.9 cm³/mol. The Kier molecular flexibility index (Phi) is 2.40. The van der Waals surface area contributed by atoms with E-state index >= 15 is 0 Å². The van der Waals surface area contributed by atoms with Gasteiger partial charge < -0.3 is 5.32 Å². The average molecular weight is 244 g/mol. The van der Waals surface area contributed by atoms with Gasteiger partial charge in [-0.3, -0.25) is 9.50 Å². The van der Waals surface area contributed by atoms with Crippen LogP contribution in [0.25, 0.3) is 5.65 Å². The van der Waals surface area contributed by atoms with Crippen LogP contribution in [0.2, 0.25) is 0 Å². The smallest absolute Gasteiger partial charge is 0.203 e. The standard InChI is InChI=1S/C10H12N8/c1-6(8-12-5-13-16-8)14-9-10-17-15-7(2)18(10)4-3-11-9/h3-6H,1-2H3,(H,11,14)(H,12,13,16). The molecule has 1 unspecified atom stereocenters. The molecule has 0 aliphatic rings. The summed E-state index contributed by atoms with van der Waals surface area (Å²) >= 11 is 0. The zero-order chi connectivity index (χ0) is 12.5. The van der Waals surface area contributed by atoms with Gasteiger partial charge in [0.1, 0.15) is 18.0 Å². The van der Waals surface area contributed by atoms with Gasteiger partial charge in [-0.05, 0) is 13.8 Å². The largest absolute Gasteiger partial charge is 0.357 e. The molecule has 3 rings (SSSR count). The summed E-state index contributed by atoms with van der Waals surface area (Å²) in [4.78, 5) is 8.37. The van der Waals surface area contributed by atoms with E-state index in [0.717, 1.165) is 11.6 Å². The highest BCUT2D eigenvalue weighted by atomic mass is 15.3. The molecule has 0 radical (unpaired) electrons. The Bertz CT molecular complexity index is 656. The van der Waals surface area contributed by atoms with Gasteiger partial charge in [-0.1, -0.05) is 0 Å². The van der Waals surface area contributed by atoms with Crippen molar-refractivity contribution in [3.63, 3.8) is 0 Å². The van der Waals surface area contributed by atoms with Gasteiger partial charge >= 0.3 is 0 Å². The maximum atomic E-state index is 4.27. The highest BCUT2D eigenvalue weighted by molar-refractivity contribution is 5.62. The quantitative estimate of drug-likeness (QED) is 0.704. The van der Waals surface area contributed by atoms with Gasteiger partial charge in [0.2, 0.25) is 5.65 Å². The van der Waals surface area contributed by atoms with Crippen LogP contribution in [0.15, 0.2) is 18.7 Å². The molecule has 92 valence electrons. The SMILES string of the molecule is Cc1nnc2c(NC(C)c3ncn[nH]3)nccn12. The summed E-state index contributed by atoms with van der Waals surface area (Å²) < 4.78 is 1.88. The third kappa shape index (κ3) is 1.67. The number of nitrogens with one attached hydrogen (secondary N) is 2. The fourth-order valence-corrected chi connectivity index (χ4v) is 1.74. The number of nitrogens with zero attached hydrogens (tertiary/aromatic N) is 6. The van der Waals surface area contributed by atoms with E-state index in [9.17, 15) is 0 Å². The van der Waals surface area contributed by atoms with Gasteiger partial charge in [0.05, 0.1) is 6.04 Å². The molecule has 0 aliphatic heterocycles. The second-order valence-corrected chi connectivity index (χ2v) is 3.95. The van der Waals surface area contributed by atoms with Gasteiger partial charge in [-0.25, -0.2) is 9.97 Å². The Hall–Kier alpha value is -2.51. The maximum Gasteiger partial charge on any atom is 0.203 e. The van der Waals surface area contributed by atoms with Crippen molar-refractivity contribution in [3.8, 4) is 0 Å². The Morgan fingerprint density at radius 3 is 3.00 bits per heavy atom. The third-order valence-corrected chi connectivity index (χ3v) is 2.69. The van der Waals surface area contributed by atoms with E-state index < -0.39 is 0 Å². The van der Waals surface area contributed by atoms with Gasteiger partial charge in [0, 0.05) is 12.4 Å². The number of fused-ring (bicyclic) bond motifs is 1. The van der Waals surface area contributed by atoms with E-state index in [4.69, 9.17) is 0 Å². The Morgan fingerprint density at radius 2 is 2.22 bits per heavy atom. The van der Waals surface area contributed by atoms with E-state index in [1.807, 2.05) is 24.4 Å². The number of aromatic amines is 1. The minimum absolute atomic E-state index is 0.0387. The molecule has 3 aromatic rings. The highest BCUT2D eigenvalue weighted by Crippen LogP contribution is 2.17. The molecular formula is C10H12N8. The van der Waals surface area contributed by atoms with Crippen molar-refractivity contribution >= 4 is 11.5 Å². The lowest BCUT2D eigenvalue weighted by molar-refractivity contribution is 0.789. The zero-order valence-electron chi connectivity index (χ0n) is 9.99. The van der Waals surface area contributed by atoms with Crippen molar-refractivity contribution < 1.29 is 0 Å². The fraction of sp³-hybridized carbons (Fsp3) is 0.300. The first-order valence-electron chi connectivity index (χ1n) is 5.54. The molecule has 0 saturated carbocycles. The molecule has 3 heterocycles. The number of H-pyrrole nitrogens is 1. The van der Waals surface area contributed by atoms with Crippen LogP contribution in [-0.2, 0) is 0 Å². The molecule has 8 nitrogen and oxygen atoms in total. The monoisotopic (exact) mass is 244 g/mol. The third-order valence-electron chi connectivity index (χ3n) is 2.69. The van der Waals surface area contributed by atoms with Crippen LogP contribution in [0.1, 0.15) is 24.6 Å². The van der Waals surface area contributed by atoms with Gasteiger partial charge in [-0.15, -0.1) is 10.2 Å². The summed E-state index contributed by atoms with van der Waals surface area (Å²) in [5, 5.41) is 18.0. The normalized spacial score (nSPS) is 12.8. The van der Waals surface area contributed by atoms with Crippen molar-refractivity contribution in [2.24, 2.45) is 0 Å². The Labute approximate surface area is 102 Å². The van der Waals surface area contributed by atoms with Crippen LogP contribution in [0.3, 0.4) is 0 Å². The summed E-state index contributed by atoms with van der Waals surface area (Å²) in [6, 6.07) is -0.0387. The number of hydrogen-bond acceptors (Lipinski definition) is 6. The van der Waals surface area contributed by atoms with E-state index in [1.54, 1.807) is 6.20 Å². The van der Waals surface area contributed by atoms with E-state index in [2.05, 4.69) is 35.7 Å². The van der Waals surface area contributed by atoms with Crippen LogP contribution in [-0.4, -0.2) is 34.8 Å². The summed E-state index contributed by atoms with van der Waals surface area (Å²) in [5.41, 5.74) is 0.696. The van der Waals surface area contributed by atoms with E-state index in [1.165, 1.54) is 6.33 Å². The van der Waals surface area contributed by atoms with Gasteiger partial charge in [-0.2, -0.15) is 5.10 Å². The number of aromatic nitrogens is 7. The molecule has 3 aromatic heterocycles. The lowest BCUT2D eigenvalue weighted by atomic mass is 10.3. The summed E-state index contributed by atoms with van der Waals surface area (Å²) in [6.45, 7) is 3.86. The van der Waals surface area contributed by atoms with Crippen LogP contribution >= 0.6 is 0 Å². The van der Waals surface area contributed by atoms with Crippen LogP contribution in [0.5, 0.6) is 0 Å². The zero-order valence-corrected chi connectivity index (χ0v) is 9.99. The van der Waals surface area contributed by atoms with Crippen LogP contribution in [0.4, 0.5) is 5.82 Å². The lowest BCUT2D eigenvalue weighted by Crippen LogP contribution is -2.11. The molecule has 0 amide bonds. The predicted octanol–water partition coefficient (Wildman–Crippen LogP) is 0.724. The van der Waals surface area contributed by atoms with Crippen LogP contribution < -0.4 is 5.32 Å². The molecule has 8 heteroatoms. The molecule has 0 aromatic carbocycles. The molecule has 0 spiro atoms. The first-order valence-corrected chi connectivity index (χ1v) is 5.54. The molecule has 0 saturated heterocycles. The highest BCUT2D eigenvalue weighted by Gasteiger charge is 2.13. The Morgan fingerprint density at radius 1 is 1.33 bits per heavy atom. The van der Waals surface area contributed by atoms with Gasteiger partial charge in [0.15, 0.2) is 5.82 Å².